The van der Waals surface area contributed by atoms with Gasteiger partial charge in [0.25, 0.3) is 5.91 Å². The largest absolute Gasteiger partial charge is 0.379 e. The number of carbonyl (C=O) groups excluding carboxylic acids is 10. The molecule has 0 spiro atoms. The molecule has 30 heteroatoms. The maximum Gasteiger partial charge on any atom is 0.251 e. The second-order valence-electron chi connectivity index (χ2n) is 32.6. The van der Waals surface area contributed by atoms with Gasteiger partial charge < -0.3 is 71.7 Å². The van der Waals surface area contributed by atoms with Crippen molar-refractivity contribution >= 4 is 75.8 Å². The molecule has 4 aliphatic rings. The van der Waals surface area contributed by atoms with Gasteiger partial charge in [0.05, 0.1) is 97.9 Å². The van der Waals surface area contributed by atoms with Gasteiger partial charge in [-0.15, -0.1) is 0 Å². The number of nitrogens with one attached hydrogen (secondary N) is 7. The molecule has 2 heterocycles. The molecule has 1 saturated heterocycles. The number of likely N-dealkylation sites (N-methyl/N-ethyl adjacent to an activating group) is 2. The van der Waals surface area contributed by atoms with Crippen molar-refractivity contribution in [3.63, 3.8) is 0 Å². The third-order valence-corrected chi connectivity index (χ3v) is 22.8. The molecule has 0 saturated carbocycles. The van der Waals surface area contributed by atoms with Gasteiger partial charge in [0.1, 0.15) is 24.2 Å². The molecule has 9 N–H and O–H groups in total. The number of likely N-dealkylation sites (tertiary alicyclic amines) is 1. The highest BCUT2D eigenvalue weighted by Crippen LogP contribution is 2.65. The van der Waals surface area contributed by atoms with Crippen molar-refractivity contribution in [3.8, 4) is 0 Å². The molecule has 3 aromatic rings. The van der Waals surface area contributed by atoms with Crippen molar-refractivity contribution in [2.75, 3.05) is 86.7 Å². The first-order valence-corrected chi connectivity index (χ1v) is 40.0. The first kappa shape index (κ1) is 91.7. The van der Waals surface area contributed by atoms with E-state index in [0.717, 1.165) is 36.2 Å². The van der Waals surface area contributed by atoms with Crippen molar-refractivity contribution in [2.24, 2.45) is 51.3 Å². The Hall–Kier alpha value is -9.45. The maximum absolute atomic E-state index is 14.6. The molecule has 10 amide bonds. The summed E-state index contributed by atoms with van der Waals surface area (Å²) in [7, 11) is 8.35. The number of allylic oxidation sites excluding steroid dienone is 8. The van der Waals surface area contributed by atoms with Crippen LogP contribution in [-0.2, 0) is 81.4 Å². The number of fused-ring (bicyclic) bond motifs is 6. The highest BCUT2D eigenvalue weighted by Gasteiger charge is 2.59. The molecule has 30 nitrogen and oxygen atoms in total. The van der Waals surface area contributed by atoms with Gasteiger partial charge in [-0.25, -0.2) is 9.97 Å². The zero-order valence-corrected chi connectivity index (χ0v) is 70.0. The topological polar surface area (TPSA) is 402 Å². The molecule has 14 atom stereocenters. The van der Waals surface area contributed by atoms with Gasteiger partial charge in [-0.1, -0.05) is 123 Å². The SMILES string of the molecule is CC[C@H](C)[C@@H]([C@@H](CC(=O)N1CCC[C@H]1[C@H](OC)[C@@H](C)C(=O)N[C@H](CN=[N+]=[N-])Cc1ccc(NC(=O)[C@H](CC(N)=O)NC(=O)[C@H](C)NC(=O)[C@H](C)NC(=O)CCOCCOCCNC(=O)c2ccc3nc4c(nc3c2)CC2(C)/C3=C(C)/C=C\C=C/C(=C3)C2(CC(C)C)C4)cc1)OC)N(C)C(=O)[C@@H](NC(=O)[C@H](C(C)C)N(C)C)C(C)C. The molecular formula is C84H124N16O14. The summed E-state index contributed by atoms with van der Waals surface area (Å²) in [6.45, 7) is 26.4. The molecule has 1 aromatic heterocycles. The van der Waals surface area contributed by atoms with Gasteiger partial charge in [-0.05, 0) is 142 Å². The van der Waals surface area contributed by atoms with E-state index >= 15 is 0 Å². The minimum absolute atomic E-state index is 0.0129. The zero-order valence-electron chi connectivity index (χ0n) is 70.0. The van der Waals surface area contributed by atoms with Crippen LogP contribution in [-0.4, -0.2) is 226 Å². The Morgan fingerprint density at radius 2 is 1.40 bits per heavy atom. The van der Waals surface area contributed by atoms with E-state index < -0.39 is 108 Å². The Balaban J connectivity index is 0.820. The van der Waals surface area contributed by atoms with Crippen LogP contribution in [0.25, 0.3) is 21.5 Å². The van der Waals surface area contributed by atoms with E-state index in [1.807, 2.05) is 66.6 Å². The number of benzene rings is 2. The van der Waals surface area contributed by atoms with Crippen LogP contribution in [0.1, 0.15) is 162 Å². The predicted molar refractivity (Wildman–Crippen MR) is 435 cm³/mol. The van der Waals surface area contributed by atoms with Gasteiger partial charge in [-0.3, -0.25) is 52.8 Å². The normalized spacial score (nSPS) is 21.1. The summed E-state index contributed by atoms with van der Waals surface area (Å²) >= 11 is 0. The van der Waals surface area contributed by atoms with E-state index in [0.29, 0.717) is 48.4 Å². The molecule has 0 radical (unpaired) electrons. The summed E-state index contributed by atoms with van der Waals surface area (Å²) in [5.41, 5.74) is 23.3. The molecule has 3 aliphatic carbocycles. The van der Waals surface area contributed by atoms with Crippen LogP contribution < -0.4 is 43.0 Å². The highest BCUT2D eigenvalue weighted by molar-refractivity contribution is 6.01. The number of methoxy groups -OCH3 is 2. The summed E-state index contributed by atoms with van der Waals surface area (Å²) in [6.07, 6.45) is 13.4. The molecule has 624 valence electrons. The molecule has 2 unspecified atom stereocenters. The van der Waals surface area contributed by atoms with E-state index in [-0.39, 0.29) is 117 Å². The number of nitrogens with zero attached hydrogens (tertiary/aromatic N) is 8. The zero-order chi connectivity index (χ0) is 84.1. The maximum atomic E-state index is 14.6. The lowest BCUT2D eigenvalue weighted by Crippen LogP contribution is -2.59. The Kier molecular flexibility index (Phi) is 34.0. The number of azide groups is 1. The molecule has 2 bridgehead atoms. The van der Waals surface area contributed by atoms with Crippen LogP contribution in [0.5, 0.6) is 0 Å². The standard InChI is InChI=1S/C84H124N16O14/c1-19-51(8)74(99(16)82(110)72(49(4)5)96-81(109)73(50(6)7)98(14)15)68(111-17)43-71(103)100-34-22-25-67(100)75(112-18)53(10)76(104)92-60(47-88-97-86)39-56-26-29-59(30-27-56)91-80(108)64(42-69(85)101)95-78(106)55(12)90-77(105)54(11)89-70(102)32-35-113-37-38-114-36-33-87-79(107)57-28-31-62-63(40-57)94-65-45-83(13)61-41-58(24-21-20-23-52(61)9)84(83,44-48(2)3)46-66(65)93-62/h20-21,23-24,26-31,40-41,48-51,53-55,60,64,67-68,72-75H,19,22,25,32-39,42-47H2,1-18H3,(H2,85,101)(H,87,107)(H,89,102)(H,90,105)(H,91,108)(H,92,104)(H,95,106)(H,96,109)/b21-20?,23-20-,24-21-,52-23?,58-24?,61-52+/t51-,53+,54-,55-,60-,64-,67-,68+,72-,73-,74-,75+,83?,84?/m0/s1. The number of anilines is 1. The van der Waals surface area contributed by atoms with Crippen molar-refractivity contribution in [1.82, 2.24) is 56.6 Å². The third-order valence-electron chi connectivity index (χ3n) is 22.8. The number of hydrogen-bond donors (Lipinski definition) is 8. The average molecular weight is 1580 g/mol. The fourth-order valence-electron chi connectivity index (χ4n) is 16.7. The summed E-state index contributed by atoms with van der Waals surface area (Å²) < 4.78 is 23.4. The monoisotopic (exact) mass is 1580 g/mol. The number of nitrogens with two attached hydrogens (primary N) is 1. The Morgan fingerprint density at radius 3 is 2.04 bits per heavy atom. The van der Waals surface area contributed by atoms with Gasteiger partial charge in [0.2, 0.25) is 53.2 Å². The number of amides is 10. The van der Waals surface area contributed by atoms with E-state index in [2.05, 4.69) is 105 Å². The first-order chi connectivity index (χ1) is 54.0. The van der Waals surface area contributed by atoms with Crippen molar-refractivity contribution in [1.29, 1.82) is 0 Å². The second kappa shape index (κ2) is 42.2. The molecular weight excluding hydrogens is 1460 g/mol. The Labute approximate surface area is 671 Å². The summed E-state index contributed by atoms with van der Waals surface area (Å²) in [5.74, 6) is -5.92. The van der Waals surface area contributed by atoms with Crippen molar-refractivity contribution in [3.05, 3.63) is 123 Å². The number of aromatic nitrogens is 2. The molecule has 2 aromatic carbocycles. The lowest BCUT2D eigenvalue weighted by molar-refractivity contribution is -0.148. The minimum atomic E-state index is -1.47. The van der Waals surface area contributed by atoms with Crippen LogP contribution >= 0.6 is 0 Å². The fourth-order valence-corrected chi connectivity index (χ4v) is 16.7. The van der Waals surface area contributed by atoms with E-state index in [9.17, 15) is 53.5 Å². The lowest BCUT2D eigenvalue weighted by Gasteiger charge is -2.51. The van der Waals surface area contributed by atoms with Crippen LogP contribution in [0, 0.1) is 40.4 Å². The van der Waals surface area contributed by atoms with Gasteiger partial charge in [-0.2, -0.15) is 0 Å². The molecule has 7 rings (SSSR count). The quantitative estimate of drug-likeness (QED) is 0.0119. The minimum Gasteiger partial charge on any atom is -0.379 e. The summed E-state index contributed by atoms with van der Waals surface area (Å²) in [4.78, 5) is 154. The van der Waals surface area contributed by atoms with Crippen molar-refractivity contribution in [2.45, 2.75) is 215 Å². The highest BCUT2D eigenvalue weighted by atomic mass is 16.5. The summed E-state index contributed by atoms with van der Waals surface area (Å²) in [5, 5.41) is 22.9. The van der Waals surface area contributed by atoms with Crippen molar-refractivity contribution < 1.29 is 66.9 Å². The summed E-state index contributed by atoms with van der Waals surface area (Å²) in [6, 6.07) is 5.01. The number of rotatable bonds is 43. The number of primary amides is 1. The molecule has 1 aliphatic heterocycles. The van der Waals surface area contributed by atoms with Crippen LogP contribution in [0.3, 0.4) is 0 Å². The van der Waals surface area contributed by atoms with Crippen LogP contribution in [0.4, 0.5) is 5.69 Å². The predicted octanol–water partition coefficient (Wildman–Crippen LogP) is 7.30. The van der Waals surface area contributed by atoms with E-state index in [1.54, 1.807) is 60.2 Å². The van der Waals surface area contributed by atoms with E-state index in [1.165, 1.54) is 44.8 Å². The van der Waals surface area contributed by atoms with Crippen LogP contribution in [0.15, 0.2) is 94.7 Å². The second-order valence-corrected chi connectivity index (χ2v) is 32.6. The van der Waals surface area contributed by atoms with Gasteiger partial charge in [0, 0.05) is 93.2 Å². The molecule has 114 heavy (non-hydrogen) atoms. The fraction of sp³-hybridized carbons (Fsp3) is 0.619. The smallest absolute Gasteiger partial charge is 0.251 e. The lowest BCUT2D eigenvalue weighted by atomic mass is 9.52. The third kappa shape index (κ3) is 23.4. The Morgan fingerprint density at radius 1 is 0.746 bits per heavy atom. The number of ether oxygens (including phenoxy) is 4. The average Bonchev–Trinajstić information content (AvgIpc) is 1.53. The Bertz CT molecular complexity index is 4090. The van der Waals surface area contributed by atoms with Gasteiger partial charge in [0.15, 0.2) is 0 Å². The van der Waals surface area contributed by atoms with Crippen LogP contribution in [0.2, 0.25) is 0 Å². The van der Waals surface area contributed by atoms with E-state index in [4.69, 9.17) is 34.6 Å². The molecule has 1 fully saturated rings. The number of carbonyl (C=O) groups is 10. The first-order valence-electron chi connectivity index (χ1n) is 40.0. The van der Waals surface area contributed by atoms with Gasteiger partial charge >= 0.3 is 0 Å². The number of hydrogen-bond acceptors (Lipinski definition) is 18.